The summed E-state index contributed by atoms with van der Waals surface area (Å²) in [5.74, 6) is 0. The second-order valence-electron chi connectivity index (χ2n) is 2.27. The molecule has 0 aliphatic carbocycles. The standard InChI is InChI=1S/C7H4ClN3O2/c8-6-2-5(10)1-4(3-9)7(6)11(12)13/h1-2H,10H2. The number of anilines is 1. The Balaban J connectivity index is 3.50. The molecule has 0 fully saturated rings. The van der Waals surface area contributed by atoms with Gasteiger partial charge in [0, 0.05) is 5.69 Å². The Morgan fingerprint density at radius 1 is 1.62 bits per heavy atom. The summed E-state index contributed by atoms with van der Waals surface area (Å²) in [6.45, 7) is 0. The number of nitriles is 1. The smallest absolute Gasteiger partial charge is 0.305 e. The monoisotopic (exact) mass is 197 g/mol. The molecule has 0 saturated carbocycles. The Morgan fingerprint density at radius 3 is 2.69 bits per heavy atom. The van der Waals surface area contributed by atoms with Crippen molar-refractivity contribution in [3.8, 4) is 6.07 Å². The maximum Gasteiger partial charge on any atom is 0.305 e. The van der Waals surface area contributed by atoms with Crippen molar-refractivity contribution in [2.45, 2.75) is 0 Å². The van der Waals surface area contributed by atoms with Gasteiger partial charge < -0.3 is 5.73 Å². The number of nitrogen functional groups attached to an aromatic ring is 1. The van der Waals surface area contributed by atoms with Crippen LogP contribution in [0.5, 0.6) is 0 Å². The lowest BCUT2D eigenvalue weighted by molar-refractivity contribution is -0.385. The molecule has 6 heteroatoms. The van der Waals surface area contributed by atoms with Crippen LogP contribution in [0.15, 0.2) is 12.1 Å². The summed E-state index contributed by atoms with van der Waals surface area (Å²) in [6, 6.07) is 4.10. The van der Waals surface area contributed by atoms with Gasteiger partial charge in [-0.15, -0.1) is 0 Å². The number of nitrogens with two attached hydrogens (primary N) is 1. The van der Waals surface area contributed by atoms with Gasteiger partial charge in [0.1, 0.15) is 16.7 Å². The topological polar surface area (TPSA) is 93.0 Å². The molecule has 0 aliphatic rings. The zero-order valence-electron chi connectivity index (χ0n) is 6.32. The van der Waals surface area contributed by atoms with Crippen LogP contribution in [0.4, 0.5) is 11.4 Å². The van der Waals surface area contributed by atoms with Crippen molar-refractivity contribution < 1.29 is 4.92 Å². The van der Waals surface area contributed by atoms with E-state index in [1.54, 1.807) is 6.07 Å². The quantitative estimate of drug-likeness (QED) is 0.421. The highest BCUT2D eigenvalue weighted by atomic mass is 35.5. The van der Waals surface area contributed by atoms with Crippen LogP contribution in [-0.2, 0) is 0 Å². The summed E-state index contributed by atoms with van der Waals surface area (Å²) < 4.78 is 0. The average Bonchev–Trinajstić information content (AvgIpc) is 2.01. The number of hydrogen-bond acceptors (Lipinski definition) is 4. The molecule has 2 N–H and O–H groups in total. The third kappa shape index (κ3) is 1.68. The maximum absolute atomic E-state index is 10.4. The molecule has 0 amide bonds. The van der Waals surface area contributed by atoms with Gasteiger partial charge in [0.2, 0.25) is 0 Å². The van der Waals surface area contributed by atoms with E-state index in [-0.39, 0.29) is 16.3 Å². The number of rotatable bonds is 1. The molecule has 0 radical (unpaired) electrons. The summed E-state index contributed by atoms with van der Waals surface area (Å²) in [7, 11) is 0. The minimum absolute atomic E-state index is 0.124. The van der Waals surface area contributed by atoms with Crippen molar-refractivity contribution in [3.05, 3.63) is 32.8 Å². The highest BCUT2D eigenvalue weighted by molar-refractivity contribution is 6.33. The molecule has 1 aromatic carbocycles. The van der Waals surface area contributed by atoms with Gasteiger partial charge in [-0.3, -0.25) is 10.1 Å². The van der Waals surface area contributed by atoms with E-state index < -0.39 is 10.6 Å². The number of nitro benzene ring substituents is 1. The molecule has 66 valence electrons. The van der Waals surface area contributed by atoms with E-state index in [4.69, 9.17) is 22.6 Å². The number of nitro groups is 1. The van der Waals surface area contributed by atoms with Crippen molar-refractivity contribution in [1.29, 1.82) is 5.26 Å². The summed E-state index contributed by atoms with van der Waals surface area (Å²) in [4.78, 5) is 9.73. The second kappa shape index (κ2) is 3.29. The zero-order valence-corrected chi connectivity index (χ0v) is 7.08. The second-order valence-corrected chi connectivity index (χ2v) is 2.68. The van der Waals surface area contributed by atoms with Crippen LogP contribution in [0.2, 0.25) is 5.02 Å². The molecule has 0 atom stereocenters. The predicted molar refractivity (Wildman–Crippen MR) is 47.2 cm³/mol. The maximum atomic E-state index is 10.4. The molecule has 0 heterocycles. The van der Waals surface area contributed by atoms with E-state index in [9.17, 15) is 10.1 Å². The number of halogens is 1. The lowest BCUT2D eigenvalue weighted by Gasteiger charge is -1.98. The lowest BCUT2D eigenvalue weighted by Crippen LogP contribution is -1.95. The Morgan fingerprint density at radius 2 is 2.23 bits per heavy atom. The Hall–Kier alpha value is -1.80. The molecule has 0 unspecified atom stereocenters. The van der Waals surface area contributed by atoms with Gasteiger partial charge in [-0.1, -0.05) is 11.6 Å². The number of nitrogens with zero attached hydrogens (tertiary/aromatic N) is 2. The van der Waals surface area contributed by atoms with Gasteiger partial charge in [-0.2, -0.15) is 5.26 Å². The van der Waals surface area contributed by atoms with Crippen molar-refractivity contribution in [1.82, 2.24) is 0 Å². The van der Waals surface area contributed by atoms with Crippen LogP contribution in [0.25, 0.3) is 0 Å². The SMILES string of the molecule is N#Cc1cc(N)cc(Cl)c1[N+](=O)[O-]. The molecule has 1 rings (SSSR count). The number of hydrogen-bond donors (Lipinski definition) is 1. The van der Waals surface area contributed by atoms with Crippen molar-refractivity contribution >= 4 is 23.0 Å². The van der Waals surface area contributed by atoms with Gasteiger partial charge in [-0.25, -0.2) is 0 Å². The van der Waals surface area contributed by atoms with Gasteiger partial charge in [0.25, 0.3) is 0 Å². The molecule has 0 bridgehead atoms. The van der Waals surface area contributed by atoms with E-state index in [0.717, 1.165) is 0 Å². The fourth-order valence-electron chi connectivity index (χ4n) is 0.891. The first-order valence-corrected chi connectivity index (χ1v) is 3.57. The van der Waals surface area contributed by atoms with Crippen LogP contribution in [0.1, 0.15) is 5.56 Å². The van der Waals surface area contributed by atoms with Gasteiger partial charge in [0.05, 0.1) is 4.92 Å². The lowest BCUT2D eigenvalue weighted by atomic mass is 10.2. The van der Waals surface area contributed by atoms with Crippen LogP contribution < -0.4 is 5.73 Å². The summed E-state index contributed by atoms with van der Waals surface area (Å²) in [5, 5.41) is 18.9. The molecule has 13 heavy (non-hydrogen) atoms. The van der Waals surface area contributed by atoms with Gasteiger partial charge in [0.15, 0.2) is 0 Å². The van der Waals surface area contributed by atoms with E-state index in [1.807, 2.05) is 0 Å². The molecule has 0 aromatic heterocycles. The molecule has 1 aromatic rings. The molecule has 0 aliphatic heterocycles. The first-order valence-electron chi connectivity index (χ1n) is 3.19. The highest BCUT2D eigenvalue weighted by Gasteiger charge is 2.19. The highest BCUT2D eigenvalue weighted by Crippen LogP contribution is 2.30. The average molecular weight is 198 g/mol. The molecular weight excluding hydrogens is 194 g/mol. The van der Waals surface area contributed by atoms with Crippen LogP contribution in [0, 0.1) is 21.4 Å². The molecular formula is C7H4ClN3O2. The van der Waals surface area contributed by atoms with Crippen molar-refractivity contribution in [3.63, 3.8) is 0 Å². The molecule has 5 nitrogen and oxygen atoms in total. The summed E-state index contributed by atoms with van der Waals surface area (Å²) in [5.41, 5.74) is 5.04. The first kappa shape index (κ1) is 9.29. The van der Waals surface area contributed by atoms with Crippen LogP contribution in [0.3, 0.4) is 0 Å². The third-order valence-corrected chi connectivity index (χ3v) is 1.68. The summed E-state index contributed by atoms with van der Waals surface area (Å²) >= 11 is 5.54. The Bertz CT molecular complexity index is 411. The predicted octanol–water partition coefficient (Wildman–Crippen LogP) is 1.70. The van der Waals surface area contributed by atoms with Crippen molar-refractivity contribution in [2.24, 2.45) is 0 Å². The minimum atomic E-state index is -0.708. The largest absolute Gasteiger partial charge is 0.399 e. The van der Waals surface area contributed by atoms with E-state index in [1.165, 1.54) is 12.1 Å². The van der Waals surface area contributed by atoms with Crippen LogP contribution in [-0.4, -0.2) is 4.92 Å². The molecule has 0 saturated heterocycles. The normalized spacial score (nSPS) is 9.23. The zero-order chi connectivity index (χ0) is 10.0. The van der Waals surface area contributed by atoms with E-state index in [0.29, 0.717) is 0 Å². The Labute approximate surface area is 78.5 Å². The van der Waals surface area contributed by atoms with E-state index >= 15 is 0 Å². The van der Waals surface area contributed by atoms with Crippen molar-refractivity contribution in [2.75, 3.05) is 5.73 Å². The summed E-state index contributed by atoms with van der Waals surface area (Å²) in [6.07, 6.45) is 0. The fourth-order valence-corrected chi connectivity index (χ4v) is 1.19. The minimum Gasteiger partial charge on any atom is -0.399 e. The Kier molecular flexibility index (Phi) is 2.35. The fraction of sp³-hybridized carbons (Fsp3) is 0. The molecule has 0 spiro atoms. The first-order chi connectivity index (χ1) is 6.06. The van der Waals surface area contributed by atoms with Gasteiger partial charge >= 0.3 is 5.69 Å². The number of benzene rings is 1. The van der Waals surface area contributed by atoms with Crippen LogP contribution >= 0.6 is 11.6 Å². The third-order valence-electron chi connectivity index (χ3n) is 1.39. The van der Waals surface area contributed by atoms with E-state index in [2.05, 4.69) is 0 Å². The van der Waals surface area contributed by atoms with Gasteiger partial charge in [-0.05, 0) is 12.1 Å².